The highest BCUT2D eigenvalue weighted by molar-refractivity contribution is 4.88. The number of nitrogens with zero attached hydrogens (tertiary/aromatic N) is 1. The predicted molar refractivity (Wildman–Crippen MR) is 74.2 cm³/mol. The summed E-state index contributed by atoms with van der Waals surface area (Å²) in [5.41, 5.74) is 0. The molecule has 2 aliphatic rings. The molecule has 0 spiro atoms. The van der Waals surface area contributed by atoms with Gasteiger partial charge in [-0.2, -0.15) is 0 Å². The van der Waals surface area contributed by atoms with Gasteiger partial charge in [0.15, 0.2) is 0 Å². The summed E-state index contributed by atoms with van der Waals surface area (Å²) in [6.45, 7) is 10.9. The van der Waals surface area contributed by atoms with Crippen molar-refractivity contribution in [3.8, 4) is 0 Å². The molecule has 0 radical (unpaired) electrons. The maximum atomic E-state index is 3.75. The Bertz CT molecular complexity index is 223. The summed E-state index contributed by atoms with van der Waals surface area (Å²) < 4.78 is 0. The summed E-state index contributed by atoms with van der Waals surface area (Å²) in [4.78, 5) is 2.79. The lowest BCUT2D eigenvalue weighted by Crippen LogP contribution is -2.57. The summed E-state index contributed by atoms with van der Waals surface area (Å²) in [6, 6.07) is 1.52. The fraction of sp³-hybridized carbons (Fsp3) is 1.00. The third-order valence-corrected chi connectivity index (χ3v) is 4.56. The van der Waals surface area contributed by atoms with Crippen LogP contribution in [0.2, 0.25) is 0 Å². The van der Waals surface area contributed by atoms with Gasteiger partial charge in [-0.05, 0) is 37.5 Å². The van der Waals surface area contributed by atoms with E-state index in [2.05, 4.69) is 31.0 Å². The number of rotatable bonds is 5. The normalized spacial score (nSPS) is 31.8. The fourth-order valence-corrected chi connectivity index (χ4v) is 3.29. The summed E-state index contributed by atoms with van der Waals surface area (Å²) >= 11 is 0. The van der Waals surface area contributed by atoms with E-state index in [1.54, 1.807) is 0 Å². The monoisotopic (exact) mass is 238 g/mol. The van der Waals surface area contributed by atoms with Crippen LogP contribution < -0.4 is 5.32 Å². The van der Waals surface area contributed by atoms with Gasteiger partial charge >= 0.3 is 0 Å². The first kappa shape index (κ1) is 13.4. The van der Waals surface area contributed by atoms with Gasteiger partial charge in [-0.3, -0.25) is 4.90 Å². The molecule has 0 amide bonds. The predicted octanol–water partition coefficient (Wildman–Crippen LogP) is 2.89. The molecule has 17 heavy (non-hydrogen) atoms. The van der Waals surface area contributed by atoms with E-state index < -0.39 is 0 Å². The van der Waals surface area contributed by atoms with Crippen LogP contribution in [-0.4, -0.2) is 36.6 Å². The summed E-state index contributed by atoms with van der Waals surface area (Å²) in [5.74, 6) is 1.83. The van der Waals surface area contributed by atoms with Gasteiger partial charge in [0.2, 0.25) is 0 Å². The third-order valence-electron chi connectivity index (χ3n) is 4.56. The SMILES string of the molecule is CCC1CNC(CC(C)C)CN1CC1CCC1. The first-order valence-electron chi connectivity index (χ1n) is 7.66. The molecule has 0 aromatic carbocycles. The lowest BCUT2D eigenvalue weighted by atomic mass is 9.84. The largest absolute Gasteiger partial charge is 0.311 e. The van der Waals surface area contributed by atoms with E-state index in [9.17, 15) is 0 Å². The van der Waals surface area contributed by atoms with Gasteiger partial charge in [0.25, 0.3) is 0 Å². The van der Waals surface area contributed by atoms with E-state index in [1.165, 1.54) is 51.7 Å². The van der Waals surface area contributed by atoms with Crippen LogP contribution in [0, 0.1) is 11.8 Å². The van der Waals surface area contributed by atoms with Gasteiger partial charge in [-0.15, -0.1) is 0 Å². The second-order valence-corrected chi connectivity index (χ2v) is 6.55. The molecule has 100 valence electrons. The molecule has 1 saturated carbocycles. The van der Waals surface area contributed by atoms with E-state index in [0.29, 0.717) is 0 Å². The van der Waals surface area contributed by atoms with Crippen LogP contribution in [0.4, 0.5) is 0 Å². The second-order valence-electron chi connectivity index (χ2n) is 6.55. The minimum absolute atomic E-state index is 0.734. The Morgan fingerprint density at radius 3 is 2.59 bits per heavy atom. The maximum absolute atomic E-state index is 3.75. The van der Waals surface area contributed by atoms with Crippen molar-refractivity contribution in [2.75, 3.05) is 19.6 Å². The Hall–Kier alpha value is -0.0800. The fourth-order valence-electron chi connectivity index (χ4n) is 3.29. The van der Waals surface area contributed by atoms with Crippen molar-refractivity contribution in [2.45, 2.75) is 65.0 Å². The summed E-state index contributed by atoms with van der Waals surface area (Å²) in [6.07, 6.45) is 7.07. The minimum atomic E-state index is 0.734. The van der Waals surface area contributed by atoms with Crippen LogP contribution in [-0.2, 0) is 0 Å². The molecule has 2 nitrogen and oxygen atoms in total. The molecule has 2 unspecified atom stereocenters. The van der Waals surface area contributed by atoms with E-state index in [0.717, 1.165) is 23.9 Å². The molecule has 2 rings (SSSR count). The van der Waals surface area contributed by atoms with Crippen LogP contribution >= 0.6 is 0 Å². The number of hydrogen-bond acceptors (Lipinski definition) is 2. The van der Waals surface area contributed by atoms with Crippen LogP contribution in [0.3, 0.4) is 0 Å². The quantitative estimate of drug-likeness (QED) is 0.792. The maximum Gasteiger partial charge on any atom is 0.0218 e. The van der Waals surface area contributed by atoms with Crippen LogP contribution in [0.15, 0.2) is 0 Å². The van der Waals surface area contributed by atoms with Gasteiger partial charge in [0.1, 0.15) is 0 Å². The molecular weight excluding hydrogens is 208 g/mol. The molecule has 1 aliphatic heterocycles. The smallest absolute Gasteiger partial charge is 0.0218 e. The van der Waals surface area contributed by atoms with Gasteiger partial charge in [0.05, 0.1) is 0 Å². The zero-order valence-corrected chi connectivity index (χ0v) is 11.9. The molecule has 2 heteroatoms. The standard InChI is InChI=1S/C15H30N2/c1-4-15-9-16-14(8-12(2)3)11-17(15)10-13-6-5-7-13/h12-16H,4-11H2,1-3H3. The minimum Gasteiger partial charge on any atom is -0.311 e. The van der Waals surface area contributed by atoms with Crippen LogP contribution in [0.25, 0.3) is 0 Å². The number of piperazine rings is 1. The van der Waals surface area contributed by atoms with Crippen LogP contribution in [0.1, 0.15) is 52.9 Å². The average Bonchev–Trinajstić information content (AvgIpc) is 2.23. The number of nitrogens with one attached hydrogen (secondary N) is 1. The Kier molecular flexibility index (Phi) is 4.87. The van der Waals surface area contributed by atoms with Gasteiger partial charge in [0, 0.05) is 31.7 Å². The number of hydrogen-bond donors (Lipinski definition) is 1. The zero-order valence-electron chi connectivity index (χ0n) is 11.9. The molecule has 1 N–H and O–H groups in total. The van der Waals surface area contributed by atoms with Gasteiger partial charge < -0.3 is 5.32 Å². The van der Waals surface area contributed by atoms with Gasteiger partial charge in [-0.1, -0.05) is 27.2 Å². The van der Waals surface area contributed by atoms with Crippen molar-refractivity contribution >= 4 is 0 Å². The van der Waals surface area contributed by atoms with Crippen molar-refractivity contribution in [3.63, 3.8) is 0 Å². The van der Waals surface area contributed by atoms with Gasteiger partial charge in [-0.25, -0.2) is 0 Å². The molecule has 2 fully saturated rings. The third kappa shape index (κ3) is 3.69. The Morgan fingerprint density at radius 2 is 2.06 bits per heavy atom. The highest BCUT2D eigenvalue weighted by Gasteiger charge is 2.30. The highest BCUT2D eigenvalue weighted by atomic mass is 15.2. The topological polar surface area (TPSA) is 15.3 Å². The van der Waals surface area contributed by atoms with E-state index in [-0.39, 0.29) is 0 Å². The lowest BCUT2D eigenvalue weighted by Gasteiger charge is -2.43. The molecule has 2 atom stereocenters. The first-order chi connectivity index (χ1) is 8.19. The molecule has 0 bridgehead atoms. The van der Waals surface area contributed by atoms with Crippen LogP contribution in [0.5, 0.6) is 0 Å². The Morgan fingerprint density at radius 1 is 1.29 bits per heavy atom. The molecule has 0 aromatic heterocycles. The molecule has 0 aromatic rings. The van der Waals surface area contributed by atoms with E-state index in [4.69, 9.17) is 0 Å². The first-order valence-corrected chi connectivity index (χ1v) is 7.66. The summed E-state index contributed by atoms with van der Waals surface area (Å²) in [5, 5.41) is 3.75. The zero-order chi connectivity index (χ0) is 12.3. The molecule has 1 saturated heterocycles. The highest BCUT2D eigenvalue weighted by Crippen LogP contribution is 2.29. The van der Waals surface area contributed by atoms with Crippen molar-refractivity contribution in [2.24, 2.45) is 11.8 Å². The average molecular weight is 238 g/mol. The van der Waals surface area contributed by atoms with E-state index >= 15 is 0 Å². The van der Waals surface area contributed by atoms with E-state index in [1.807, 2.05) is 0 Å². The molecule has 1 aliphatic carbocycles. The lowest BCUT2D eigenvalue weighted by molar-refractivity contribution is 0.0814. The van der Waals surface area contributed by atoms with Crippen molar-refractivity contribution in [3.05, 3.63) is 0 Å². The van der Waals surface area contributed by atoms with Crippen molar-refractivity contribution in [1.82, 2.24) is 10.2 Å². The molecular formula is C15H30N2. The molecule has 1 heterocycles. The van der Waals surface area contributed by atoms with Crippen molar-refractivity contribution in [1.29, 1.82) is 0 Å². The second kappa shape index (κ2) is 6.19. The Balaban J connectivity index is 1.83. The summed E-state index contributed by atoms with van der Waals surface area (Å²) in [7, 11) is 0. The Labute approximate surface area is 107 Å². The van der Waals surface area contributed by atoms with Crippen molar-refractivity contribution < 1.29 is 0 Å².